The van der Waals surface area contributed by atoms with Crippen LogP contribution in [0.4, 0.5) is 0 Å². The number of hydrogen-bond donors (Lipinski definition) is 0. The normalized spacial score (nSPS) is 29.2. The fourth-order valence-corrected chi connectivity index (χ4v) is 7.38. The highest BCUT2D eigenvalue weighted by Crippen LogP contribution is 2.49. The van der Waals surface area contributed by atoms with Gasteiger partial charge in [-0.1, -0.05) is 54.4 Å². The Morgan fingerprint density at radius 1 is 0.667 bits per heavy atom. The first-order valence-electron chi connectivity index (χ1n) is 14.2. The molecule has 6 atom stereocenters. The largest absolute Gasteiger partial charge is 0.223 e. The Kier molecular flexibility index (Phi) is 7.32. The third-order valence-corrected chi connectivity index (χ3v) is 9.35. The third kappa shape index (κ3) is 4.88. The predicted octanol–water partition coefficient (Wildman–Crippen LogP) is 7.20. The average molecular weight is 489 g/mol. The summed E-state index contributed by atoms with van der Waals surface area (Å²) < 4.78 is 4.02. The molecule has 2 aromatic heterocycles. The molecule has 2 heterocycles. The fraction of sp³-hybridized carbons (Fsp3) is 0.667. The van der Waals surface area contributed by atoms with E-state index in [0.717, 1.165) is 11.8 Å². The molecule has 6 nitrogen and oxygen atoms in total. The smallest absolute Gasteiger partial charge is 0.138 e. The second-order valence-electron chi connectivity index (χ2n) is 12.5. The van der Waals surface area contributed by atoms with E-state index in [-0.39, 0.29) is 0 Å². The summed E-state index contributed by atoms with van der Waals surface area (Å²) in [6.45, 7) is 14.4. The second-order valence-corrected chi connectivity index (χ2v) is 12.5. The van der Waals surface area contributed by atoms with Gasteiger partial charge in [0.2, 0.25) is 0 Å². The number of rotatable bonds is 6. The zero-order chi connectivity index (χ0) is 25.4. The van der Waals surface area contributed by atoms with E-state index in [2.05, 4.69) is 73.8 Å². The van der Waals surface area contributed by atoms with Gasteiger partial charge in [0, 0.05) is 0 Å². The van der Waals surface area contributed by atoms with Crippen molar-refractivity contribution in [2.24, 2.45) is 35.5 Å². The standard InChI is InChI=1S/C30H44N6/c1-19(2)23-9-7-21(5)11-25(23)27-13-30(36-18-32-16-34-36)28(14-29(27)35-17-31-15-33-35)26-12-22(6)8-10-24(26)20(3)4/h13-26H,7-12H2,1-6H3. The van der Waals surface area contributed by atoms with Crippen LogP contribution in [0.2, 0.25) is 0 Å². The zero-order valence-corrected chi connectivity index (χ0v) is 23.0. The summed E-state index contributed by atoms with van der Waals surface area (Å²) in [5.74, 6) is 5.06. The molecule has 0 N–H and O–H groups in total. The Hall–Kier alpha value is -2.50. The molecule has 3 aromatic rings. The molecule has 36 heavy (non-hydrogen) atoms. The van der Waals surface area contributed by atoms with Gasteiger partial charge in [0.25, 0.3) is 0 Å². The lowest BCUT2D eigenvalue weighted by Gasteiger charge is -2.40. The molecule has 0 saturated heterocycles. The van der Waals surface area contributed by atoms with Crippen LogP contribution in [-0.4, -0.2) is 29.5 Å². The Morgan fingerprint density at radius 3 is 1.42 bits per heavy atom. The summed E-state index contributed by atoms with van der Waals surface area (Å²) >= 11 is 0. The highest BCUT2D eigenvalue weighted by atomic mass is 15.3. The Bertz CT molecular complexity index is 1030. The molecule has 0 aliphatic heterocycles. The van der Waals surface area contributed by atoms with Gasteiger partial charge in [-0.15, -0.1) is 0 Å². The van der Waals surface area contributed by atoms with Crippen LogP contribution in [0.15, 0.2) is 37.4 Å². The molecule has 1 aromatic carbocycles. The lowest BCUT2D eigenvalue weighted by Crippen LogP contribution is -2.29. The molecule has 0 bridgehead atoms. The van der Waals surface area contributed by atoms with E-state index in [1.54, 1.807) is 12.7 Å². The van der Waals surface area contributed by atoms with Crippen molar-refractivity contribution in [1.82, 2.24) is 29.5 Å². The lowest BCUT2D eigenvalue weighted by molar-refractivity contribution is 0.194. The van der Waals surface area contributed by atoms with Crippen molar-refractivity contribution in [2.45, 2.75) is 91.9 Å². The highest BCUT2D eigenvalue weighted by Gasteiger charge is 2.37. The molecule has 2 aliphatic carbocycles. The van der Waals surface area contributed by atoms with E-state index < -0.39 is 0 Å². The zero-order valence-electron chi connectivity index (χ0n) is 23.0. The van der Waals surface area contributed by atoms with E-state index in [1.807, 2.05) is 22.0 Å². The van der Waals surface area contributed by atoms with Crippen molar-refractivity contribution < 1.29 is 0 Å². The van der Waals surface area contributed by atoms with Crippen LogP contribution in [0.5, 0.6) is 0 Å². The molecule has 2 fully saturated rings. The number of hydrogen-bond acceptors (Lipinski definition) is 4. The van der Waals surface area contributed by atoms with Gasteiger partial charge in [-0.2, -0.15) is 10.2 Å². The topological polar surface area (TPSA) is 61.4 Å². The monoisotopic (exact) mass is 488 g/mol. The van der Waals surface area contributed by atoms with Gasteiger partial charge >= 0.3 is 0 Å². The predicted molar refractivity (Wildman–Crippen MR) is 144 cm³/mol. The Balaban J connectivity index is 1.73. The van der Waals surface area contributed by atoms with Gasteiger partial charge in [-0.05, 0) is 96.3 Å². The molecular formula is C30H44N6. The van der Waals surface area contributed by atoms with Crippen LogP contribution >= 0.6 is 0 Å². The molecule has 2 aliphatic rings. The quantitative estimate of drug-likeness (QED) is 0.368. The third-order valence-electron chi connectivity index (χ3n) is 9.35. The summed E-state index contributed by atoms with van der Waals surface area (Å²) in [5, 5.41) is 9.30. The van der Waals surface area contributed by atoms with Crippen LogP contribution in [0.3, 0.4) is 0 Å². The summed E-state index contributed by atoms with van der Waals surface area (Å²) in [7, 11) is 0. The first-order valence-corrected chi connectivity index (χ1v) is 14.2. The van der Waals surface area contributed by atoms with Crippen LogP contribution < -0.4 is 0 Å². The van der Waals surface area contributed by atoms with Crippen LogP contribution in [0.1, 0.15) is 103 Å². The maximum atomic E-state index is 4.65. The van der Waals surface area contributed by atoms with E-state index in [4.69, 9.17) is 0 Å². The molecule has 5 rings (SSSR count). The lowest BCUT2D eigenvalue weighted by atomic mass is 9.65. The minimum Gasteiger partial charge on any atom is -0.223 e. The molecule has 194 valence electrons. The van der Waals surface area contributed by atoms with E-state index in [9.17, 15) is 0 Å². The van der Waals surface area contributed by atoms with E-state index >= 15 is 0 Å². The van der Waals surface area contributed by atoms with Gasteiger partial charge in [-0.25, -0.2) is 19.3 Å². The molecule has 0 amide bonds. The maximum Gasteiger partial charge on any atom is 0.138 e. The van der Waals surface area contributed by atoms with Gasteiger partial charge < -0.3 is 0 Å². The summed E-state index contributed by atoms with van der Waals surface area (Å²) in [6, 6.07) is 4.91. The average Bonchev–Trinajstić information content (AvgIpc) is 3.57. The van der Waals surface area contributed by atoms with Crippen molar-refractivity contribution in [2.75, 3.05) is 0 Å². The number of benzene rings is 1. The van der Waals surface area contributed by atoms with Crippen LogP contribution in [0, 0.1) is 35.5 Å². The van der Waals surface area contributed by atoms with Crippen molar-refractivity contribution in [3.05, 3.63) is 48.6 Å². The SMILES string of the molecule is CC1CCC(C(C)C)C(c2cc(-n3cncn3)c(C3CC(C)CCC3C(C)C)cc2-n2cncn2)C1. The maximum absolute atomic E-state index is 4.65. The van der Waals surface area contributed by atoms with Gasteiger partial charge in [0.15, 0.2) is 0 Å². The summed E-state index contributed by atoms with van der Waals surface area (Å²) in [6.07, 6.45) is 14.7. The molecule has 6 unspecified atom stereocenters. The van der Waals surface area contributed by atoms with Crippen molar-refractivity contribution in [3.8, 4) is 11.4 Å². The minimum absolute atomic E-state index is 0.496. The Morgan fingerprint density at radius 2 is 1.08 bits per heavy atom. The first-order chi connectivity index (χ1) is 17.3. The van der Waals surface area contributed by atoms with E-state index in [0.29, 0.717) is 35.5 Å². The summed E-state index contributed by atoms with van der Waals surface area (Å²) in [5.41, 5.74) is 5.20. The fourth-order valence-electron chi connectivity index (χ4n) is 7.38. The first kappa shape index (κ1) is 25.2. The molecular weight excluding hydrogens is 444 g/mol. The van der Waals surface area contributed by atoms with Crippen molar-refractivity contribution >= 4 is 0 Å². The minimum atomic E-state index is 0.496. The second kappa shape index (κ2) is 10.5. The number of aromatic nitrogens is 6. The van der Waals surface area contributed by atoms with Crippen molar-refractivity contribution in [3.63, 3.8) is 0 Å². The number of nitrogens with zero attached hydrogens (tertiary/aromatic N) is 6. The molecule has 2 saturated carbocycles. The Labute approximate surface area is 216 Å². The molecule has 0 spiro atoms. The van der Waals surface area contributed by atoms with Gasteiger partial charge in [0.1, 0.15) is 25.3 Å². The van der Waals surface area contributed by atoms with E-state index in [1.165, 1.54) is 61.0 Å². The van der Waals surface area contributed by atoms with Gasteiger partial charge in [-0.3, -0.25) is 0 Å². The summed E-state index contributed by atoms with van der Waals surface area (Å²) in [4.78, 5) is 8.70. The molecule has 6 heteroatoms. The highest BCUT2D eigenvalue weighted by molar-refractivity contribution is 5.56. The van der Waals surface area contributed by atoms with Crippen LogP contribution in [0.25, 0.3) is 11.4 Å². The van der Waals surface area contributed by atoms with Crippen LogP contribution in [-0.2, 0) is 0 Å². The van der Waals surface area contributed by atoms with Crippen molar-refractivity contribution in [1.29, 1.82) is 0 Å². The molecule has 0 radical (unpaired) electrons. The van der Waals surface area contributed by atoms with Gasteiger partial charge in [0.05, 0.1) is 11.4 Å².